The lowest BCUT2D eigenvalue weighted by Crippen LogP contribution is -1.95. The second-order valence-corrected chi connectivity index (χ2v) is 10.7. The van der Waals surface area contributed by atoms with E-state index in [1.165, 1.54) is 77.2 Å². The van der Waals surface area contributed by atoms with Crippen LogP contribution in [0.5, 0.6) is 0 Å². The molecule has 0 amide bonds. The van der Waals surface area contributed by atoms with Crippen LogP contribution in [0.25, 0.3) is 66.1 Å². The van der Waals surface area contributed by atoms with Crippen LogP contribution in [0.3, 0.4) is 0 Å². The van der Waals surface area contributed by atoms with E-state index in [1.54, 1.807) is 0 Å². The number of hydrogen-bond donors (Lipinski definition) is 0. The molecule has 0 aliphatic carbocycles. The molecule has 40 heavy (non-hydrogen) atoms. The van der Waals surface area contributed by atoms with Crippen molar-refractivity contribution >= 4 is 43.6 Å². The molecule has 0 saturated carbocycles. The van der Waals surface area contributed by atoms with Crippen molar-refractivity contribution in [2.45, 2.75) is 13.8 Å². The predicted molar refractivity (Wildman–Crippen MR) is 170 cm³/mol. The lowest BCUT2D eigenvalue weighted by Gasteiger charge is -2.12. The average molecular weight is 513 g/mol. The van der Waals surface area contributed by atoms with Crippen LogP contribution >= 0.6 is 0 Å². The molecule has 8 rings (SSSR count). The molecule has 0 unspecified atom stereocenters. The second kappa shape index (κ2) is 8.72. The van der Waals surface area contributed by atoms with Gasteiger partial charge in [-0.05, 0) is 90.7 Å². The Morgan fingerprint density at radius 3 is 1.77 bits per heavy atom. The summed E-state index contributed by atoms with van der Waals surface area (Å²) in [7, 11) is 0. The van der Waals surface area contributed by atoms with Gasteiger partial charge in [-0.3, -0.25) is 0 Å². The highest BCUT2D eigenvalue weighted by atomic mass is 15.0. The van der Waals surface area contributed by atoms with Crippen molar-refractivity contribution in [2.24, 2.45) is 0 Å². The van der Waals surface area contributed by atoms with E-state index in [0.717, 1.165) is 0 Å². The van der Waals surface area contributed by atoms with E-state index >= 15 is 0 Å². The monoisotopic (exact) mass is 512 g/mol. The average Bonchev–Trinajstić information content (AvgIpc) is 3.50. The molecular weight excluding hydrogens is 484 g/mol. The Morgan fingerprint density at radius 1 is 0.400 bits per heavy atom. The van der Waals surface area contributed by atoms with Crippen LogP contribution in [0.1, 0.15) is 11.1 Å². The van der Waals surface area contributed by atoms with Crippen LogP contribution in [-0.2, 0) is 0 Å². The summed E-state index contributed by atoms with van der Waals surface area (Å²) in [4.78, 5) is 0. The van der Waals surface area contributed by atoms with Gasteiger partial charge in [0, 0.05) is 32.9 Å². The lowest BCUT2D eigenvalue weighted by molar-refractivity contribution is 1.18. The molecular formula is C38H28N2. The number of aryl methyl sites for hydroxylation is 2. The van der Waals surface area contributed by atoms with Gasteiger partial charge in [-0.25, -0.2) is 0 Å². The maximum absolute atomic E-state index is 2.41. The standard InChI is InChI=1S/C38H28N2/c1-25-12-11-19-35-38(25)31-21-20-27(23-36(31)40(35)29-15-7-4-8-16-29)32-24-37-33(22-26(32)2)30-17-9-10-18-34(30)39(37)28-13-5-3-6-14-28/h3-24H,1-2H3. The maximum atomic E-state index is 2.41. The van der Waals surface area contributed by atoms with Crippen molar-refractivity contribution in [3.63, 3.8) is 0 Å². The van der Waals surface area contributed by atoms with Crippen molar-refractivity contribution in [3.8, 4) is 22.5 Å². The number of aromatic nitrogens is 2. The lowest BCUT2D eigenvalue weighted by atomic mass is 9.96. The van der Waals surface area contributed by atoms with Gasteiger partial charge in [0.2, 0.25) is 0 Å². The Balaban J connectivity index is 1.44. The molecule has 0 aliphatic heterocycles. The van der Waals surface area contributed by atoms with Gasteiger partial charge in [-0.15, -0.1) is 0 Å². The largest absolute Gasteiger partial charge is 0.309 e. The number of para-hydroxylation sites is 3. The third-order valence-electron chi connectivity index (χ3n) is 8.36. The maximum Gasteiger partial charge on any atom is 0.0547 e. The SMILES string of the molecule is Cc1cc2c3ccccc3n(-c3ccccc3)c2cc1-c1ccc2c3c(C)cccc3n(-c3ccccc3)c2c1. The van der Waals surface area contributed by atoms with Gasteiger partial charge >= 0.3 is 0 Å². The first-order chi connectivity index (χ1) is 19.7. The highest BCUT2D eigenvalue weighted by Gasteiger charge is 2.18. The molecule has 190 valence electrons. The summed E-state index contributed by atoms with van der Waals surface area (Å²) >= 11 is 0. The van der Waals surface area contributed by atoms with E-state index in [2.05, 4.69) is 156 Å². The van der Waals surface area contributed by atoms with Crippen molar-refractivity contribution < 1.29 is 0 Å². The zero-order valence-electron chi connectivity index (χ0n) is 22.6. The van der Waals surface area contributed by atoms with Crippen LogP contribution < -0.4 is 0 Å². The Morgan fingerprint density at radius 2 is 1.02 bits per heavy atom. The van der Waals surface area contributed by atoms with Crippen molar-refractivity contribution in [1.82, 2.24) is 9.13 Å². The van der Waals surface area contributed by atoms with Gasteiger partial charge < -0.3 is 9.13 Å². The van der Waals surface area contributed by atoms with Crippen LogP contribution in [-0.4, -0.2) is 9.13 Å². The minimum Gasteiger partial charge on any atom is -0.309 e. The molecule has 0 saturated heterocycles. The molecule has 0 bridgehead atoms. The molecule has 6 aromatic carbocycles. The van der Waals surface area contributed by atoms with E-state index in [1.807, 2.05) is 0 Å². The van der Waals surface area contributed by atoms with Gasteiger partial charge in [0.05, 0.1) is 22.1 Å². The molecule has 0 N–H and O–H groups in total. The van der Waals surface area contributed by atoms with Crippen LogP contribution in [0.15, 0.2) is 133 Å². The number of nitrogens with zero attached hydrogens (tertiary/aromatic N) is 2. The van der Waals surface area contributed by atoms with Gasteiger partial charge in [0.1, 0.15) is 0 Å². The number of fused-ring (bicyclic) bond motifs is 6. The van der Waals surface area contributed by atoms with Crippen molar-refractivity contribution in [2.75, 3.05) is 0 Å². The normalized spacial score (nSPS) is 11.8. The smallest absolute Gasteiger partial charge is 0.0547 e. The fraction of sp³-hybridized carbons (Fsp3) is 0.0526. The van der Waals surface area contributed by atoms with E-state index in [9.17, 15) is 0 Å². The fourth-order valence-corrected chi connectivity index (χ4v) is 6.56. The van der Waals surface area contributed by atoms with E-state index in [-0.39, 0.29) is 0 Å². The first-order valence-electron chi connectivity index (χ1n) is 13.9. The molecule has 2 heterocycles. The Labute approximate surface area is 233 Å². The van der Waals surface area contributed by atoms with E-state index in [4.69, 9.17) is 0 Å². The summed E-state index contributed by atoms with van der Waals surface area (Å²) in [5, 5.41) is 5.18. The number of hydrogen-bond acceptors (Lipinski definition) is 0. The molecule has 8 aromatic rings. The summed E-state index contributed by atoms with van der Waals surface area (Å²) in [5.41, 5.74) is 12.4. The molecule has 0 atom stereocenters. The van der Waals surface area contributed by atoms with Crippen molar-refractivity contribution in [1.29, 1.82) is 0 Å². The fourth-order valence-electron chi connectivity index (χ4n) is 6.56. The molecule has 2 aromatic heterocycles. The second-order valence-electron chi connectivity index (χ2n) is 10.7. The molecule has 0 spiro atoms. The predicted octanol–water partition coefficient (Wildman–Crippen LogP) is 10.2. The van der Waals surface area contributed by atoms with Crippen LogP contribution in [0.2, 0.25) is 0 Å². The van der Waals surface area contributed by atoms with Crippen LogP contribution in [0.4, 0.5) is 0 Å². The van der Waals surface area contributed by atoms with Gasteiger partial charge in [0.25, 0.3) is 0 Å². The van der Waals surface area contributed by atoms with E-state index < -0.39 is 0 Å². The third-order valence-corrected chi connectivity index (χ3v) is 8.36. The molecule has 2 nitrogen and oxygen atoms in total. The quantitative estimate of drug-likeness (QED) is 0.223. The summed E-state index contributed by atoms with van der Waals surface area (Å²) in [6.45, 7) is 4.45. The zero-order valence-corrected chi connectivity index (χ0v) is 22.6. The minimum absolute atomic E-state index is 1.18. The Kier molecular flexibility index (Phi) is 4.99. The first-order valence-corrected chi connectivity index (χ1v) is 13.9. The number of rotatable bonds is 3. The molecule has 0 aliphatic rings. The van der Waals surface area contributed by atoms with Crippen molar-refractivity contribution in [3.05, 3.63) is 145 Å². The Hall–Kier alpha value is -5.08. The summed E-state index contributed by atoms with van der Waals surface area (Å²) in [6, 6.07) is 48.5. The Bertz CT molecular complexity index is 2210. The zero-order chi connectivity index (χ0) is 26.8. The van der Waals surface area contributed by atoms with Gasteiger partial charge in [0.15, 0.2) is 0 Å². The highest BCUT2D eigenvalue weighted by Crippen LogP contribution is 2.40. The highest BCUT2D eigenvalue weighted by molar-refractivity contribution is 6.13. The molecule has 2 heteroatoms. The minimum atomic E-state index is 1.18. The topological polar surface area (TPSA) is 9.86 Å². The van der Waals surface area contributed by atoms with Gasteiger partial charge in [-0.2, -0.15) is 0 Å². The summed E-state index contributed by atoms with van der Waals surface area (Å²) in [6.07, 6.45) is 0. The molecule has 0 radical (unpaired) electrons. The first kappa shape index (κ1) is 22.9. The van der Waals surface area contributed by atoms with Gasteiger partial charge in [-0.1, -0.05) is 78.9 Å². The van der Waals surface area contributed by atoms with Crippen LogP contribution in [0, 0.1) is 13.8 Å². The summed E-state index contributed by atoms with van der Waals surface area (Å²) in [5.74, 6) is 0. The molecule has 0 fully saturated rings. The van der Waals surface area contributed by atoms with E-state index in [0.29, 0.717) is 0 Å². The summed E-state index contributed by atoms with van der Waals surface area (Å²) < 4.78 is 4.81. The third kappa shape index (κ3) is 3.29. The number of benzene rings is 6.